The number of hydrogen-bond acceptors (Lipinski definition) is 5. The van der Waals surface area contributed by atoms with Crippen LogP contribution < -0.4 is 10.6 Å². The summed E-state index contributed by atoms with van der Waals surface area (Å²) in [6.45, 7) is 1.88. The number of nitrogens with zero attached hydrogens (tertiary/aromatic N) is 1. The normalized spacial score (nSPS) is 18.0. The summed E-state index contributed by atoms with van der Waals surface area (Å²) in [6.07, 6.45) is 0.818. The Labute approximate surface area is 162 Å². The molecule has 0 saturated carbocycles. The van der Waals surface area contributed by atoms with Crippen LogP contribution in [-0.2, 0) is 19.2 Å². The maximum Gasteiger partial charge on any atom is 0.305 e. The van der Waals surface area contributed by atoms with Crippen molar-refractivity contribution in [3.8, 4) is 0 Å². The molecule has 9 nitrogen and oxygen atoms in total. The second-order valence-corrected chi connectivity index (χ2v) is 6.60. The molecule has 3 amide bonds. The fourth-order valence-corrected chi connectivity index (χ4v) is 3.08. The van der Waals surface area contributed by atoms with E-state index in [-0.39, 0.29) is 0 Å². The van der Waals surface area contributed by atoms with E-state index in [4.69, 9.17) is 5.11 Å². The summed E-state index contributed by atoms with van der Waals surface area (Å²) in [5, 5.41) is 13.7. The van der Waals surface area contributed by atoms with Crippen LogP contribution in [0, 0.1) is 0 Å². The van der Waals surface area contributed by atoms with Crippen molar-refractivity contribution >= 4 is 30.0 Å². The van der Waals surface area contributed by atoms with Crippen molar-refractivity contribution in [1.29, 1.82) is 0 Å². The number of carbonyl (C=O) groups excluding carboxylic acids is 4. The first-order valence-corrected chi connectivity index (χ1v) is 8.97. The van der Waals surface area contributed by atoms with E-state index < -0.39 is 48.2 Å². The molecule has 3 N–H and O–H groups in total. The van der Waals surface area contributed by atoms with Gasteiger partial charge in [0.1, 0.15) is 18.4 Å². The zero-order valence-electron chi connectivity index (χ0n) is 15.5. The monoisotopic (exact) mass is 389 g/mol. The second-order valence-electron chi connectivity index (χ2n) is 6.60. The Hall–Kier alpha value is -3.23. The van der Waals surface area contributed by atoms with E-state index in [1.165, 1.54) is 11.8 Å². The van der Waals surface area contributed by atoms with Crippen molar-refractivity contribution in [3.05, 3.63) is 35.9 Å². The van der Waals surface area contributed by atoms with E-state index in [0.717, 1.165) is 0 Å². The first kappa shape index (κ1) is 21.1. The number of amides is 3. The summed E-state index contributed by atoms with van der Waals surface area (Å²) in [6, 6.07) is 5.64. The molecule has 0 radical (unpaired) electrons. The molecule has 0 aromatic heterocycles. The third-order valence-corrected chi connectivity index (χ3v) is 4.48. The minimum atomic E-state index is -1.21. The first-order chi connectivity index (χ1) is 13.3. The zero-order valence-corrected chi connectivity index (χ0v) is 15.5. The molecule has 0 bridgehead atoms. The smallest absolute Gasteiger partial charge is 0.305 e. The summed E-state index contributed by atoms with van der Waals surface area (Å²) in [7, 11) is 0. The van der Waals surface area contributed by atoms with Crippen LogP contribution in [0.25, 0.3) is 0 Å². The summed E-state index contributed by atoms with van der Waals surface area (Å²) >= 11 is 0. The van der Waals surface area contributed by atoms with Gasteiger partial charge in [0.15, 0.2) is 0 Å². The van der Waals surface area contributed by atoms with Gasteiger partial charge in [0, 0.05) is 12.1 Å². The number of nitrogens with one attached hydrogen (secondary N) is 2. The van der Waals surface area contributed by atoms with Gasteiger partial charge < -0.3 is 25.4 Å². The predicted octanol–water partition coefficient (Wildman–Crippen LogP) is -0.0457. The molecule has 1 aromatic carbocycles. The Morgan fingerprint density at radius 3 is 2.50 bits per heavy atom. The number of rotatable bonds is 8. The number of aldehydes is 1. The first-order valence-electron chi connectivity index (χ1n) is 8.97. The Bertz CT molecular complexity index is 751. The highest BCUT2D eigenvalue weighted by atomic mass is 16.4. The van der Waals surface area contributed by atoms with Gasteiger partial charge in [-0.15, -0.1) is 0 Å². The largest absolute Gasteiger partial charge is 0.481 e. The highest BCUT2D eigenvalue weighted by Gasteiger charge is 2.37. The summed E-state index contributed by atoms with van der Waals surface area (Å²) < 4.78 is 0. The zero-order chi connectivity index (χ0) is 20.7. The van der Waals surface area contributed by atoms with Crippen molar-refractivity contribution in [1.82, 2.24) is 15.5 Å². The van der Waals surface area contributed by atoms with Crippen molar-refractivity contribution in [2.75, 3.05) is 6.54 Å². The lowest BCUT2D eigenvalue weighted by atomic mass is 10.1. The van der Waals surface area contributed by atoms with Gasteiger partial charge in [0.05, 0.1) is 12.5 Å². The SMILES string of the molecule is C[C@H](NC(=O)c1ccccc1)C(=O)N1CCC[C@H]1C(=O)N[C@H](C=O)CC(=O)O. The highest BCUT2D eigenvalue weighted by Crippen LogP contribution is 2.19. The van der Waals surface area contributed by atoms with Crippen LogP contribution in [0.3, 0.4) is 0 Å². The van der Waals surface area contributed by atoms with Gasteiger partial charge in [0.2, 0.25) is 11.8 Å². The maximum atomic E-state index is 12.7. The molecule has 1 aliphatic heterocycles. The van der Waals surface area contributed by atoms with Crippen LogP contribution in [0.15, 0.2) is 30.3 Å². The van der Waals surface area contributed by atoms with Gasteiger partial charge in [-0.2, -0.15) is 0 Å². The number of aliphatic carboxylic acids is 1. The molecule has 0 unspecified atom stereocenters. The molecule has 150 valence electrons. The molecule has 0 aliphatic carbocycles. The Morgan fingerprint density at radius 2 is 1.89 bits per heavy atom. The third kappa shape index (κ3) is 5.38. The number of carboxylic acid groups (broad SMARTS) is 1. The number of hydrogen-bond donors (Lipinski definition) is 3. The average molecular weight is 389 g/mol. The molecular formula is C19H23N3O6. The van der Waals surface area contributed by atoms with E-state index >= 15 is 0 Å². The predicted molar refractivity (Wildman–Crippen MR) is 98.4 cm³/mol. The van der Waals surface area contributed by atoms with Crippen LogP contribution in [0.4, 0.5) is 0 Å². The van der Waals surface area contributed by atoms with E-state index in [2.05, 4.69) is 10.6 Å². The molecule has 1 saturated heterocycles. The molecule has 1 fully saturated rings. The molecular weight excluding hydrogens is 366 g/mol. The van der Waals surface area contributed by atoms with E-state index in [9.17, 15) is 24.0 Å². The topological polar surface area (TPSA) is 133 Å². The van der Waals surface area contributed by atoms with Gasteiger partial charge in [0.25, 0.3) is 5.91 Å². The number of carbonyl (C=O) groups is 5. The van der Waals surface area contributed by atoms with Crippen molar-refractivity contribution in [3.63, 3.8) is 0 Å². The van der Waals surface area contributed by atoms with Crippen LogP contribution in [0.5, 0.6) is 0 Å². The number of likely N-dealkylation sites (tertiary alicyclic amines) is 1. The summed E-state index contributed by atoms with van der Waals surface area (Å²) in [5.74, 6) is -2.60. The van der Waals surface area contributed by atoms with Crippen LogP contribution in [0.2, 0.25) is 0 Å². The third-order valence-electron chi connectivity index (χ3n) is 4.48. The fourth-order valence-electron chi connectivity index (χ4n) is 3.08. The summed E-state index contributed by atoms with van der Waals surface area (Å²) in [5.41, 5.74) is 0.417. The number of carboxylic acids is 1. The van der Waals surface area contributed by atoms with E-state index in [1.54, 1.807) is 30.3 Å². The second kappa shape index (κ2) is 9.63. The fraction of sp³-hybridized carbons (Fsp3) is 0.421. The van der Waals surface area contributed by atoms with E-state index in [1.807, 2.05) is 0 Å². The molecule has 9 heteroatoms. The maximum absolute atomic E-state index is 12.7. The minimum Gasteiger partial charge on any atom is -0.481 e. The Morgan fingerprint density at radius 1 is 1.21 bits per heavy atom. The standard InChI is InChI=1S/C19H23N3O6/c1-12(20-17(26)13-6-3-2-4-7-13)19(28)22-9-5-8-15(22)18(27)21-14(11-23)10-16(24)25/h2-4,6-7,11-12,14-15H,5,8-10H2,1H3,(H,20,26)(H,21,27)(H,24,25)/t12-,14-,15-/m0/s1. The quantitative estimate of drug-likeness (QED) is 0.534. The van der Waals surface area contributed by atoms with Crippen LogP contribution >= 0.6 is 0 Å². The van der Waals surface area contributed by atoms with Crippen LogP contribution in [0.1, 0.15) is 36.5 Å². The minimum absolute atomic E-state index is 0.340. The molecule has 1 heterocycles. The lowest BCUT2D eigenvalue weighted by Crippen LogP contribution is -2.54. The van der Waals surface area contributed by atoms with Crippen molar-refractivity contribution in [2.24, 2.45) is 0 Å². The van der Waals surface area contributed by atoms with Crippen molar-refractivity contribution in [2.45, 2.75) is 44.3 Å². The molecule has 1 aliphatic rings. The van der Waals surface area contributed by atoms with Gasteiger partial charge in [-0.25, -0.2) is 0 Å². The average Bonchev–Trinajstić information content (AvgIpc) is 3.16. The molecule has 3 atom stereocenters. The van der Waals surface area contributed by atoms with Gasteiger partial charge in [-0.1, -0.05) is 18.2 Å². The van der Waals surface area contributed by atoms with E-state index in [0.29, 0.717) is 31.2 Å². The lowest BCUT2D eigenvalue weighted by Gasteiger charge is -2.27. The highest BCUT2D eigenvalue weighted by molar-refractivity contribution is 5.98. The molecule has 2 rings (SSSR count). The molecule has 0 spiro atoms. The van der Waals surface area contributed by atoms with Gasteiger partial charge in [-0.3, -0.25) is 19.2 Å². The summed E-state index contributed by atoms with van der Waals surface area (Å²) in [4.78, 5) is 60.4. The van der Waals surface area contributed by atoms with Gasteiger partial charge >= 0.3 is 5.97 Å². The molecule has 28 heavy (non-hydrogen) atoms. The van der Waals surface area contributed by atoms with Gasteiger partial charge in [-0.05, 0) is 31.9 Å². The Kier molecular flexibility index (Phi) is 7.25. The Balaban J connectivity index is 1.99. The van der Waals surface area contributed by atoms with Crippen LogP contribution in [-0.4, -0.2) is 64.7 Å². The van der Waals surface area contributed by atoms with Crippen molar-refractivity contribution < 1.29 is 29.1 Å². The number of benzene rings is 1. The molecule has 1 aromatic rings. The lowest BCUT2D eigenvalue weighted by molar-refractivity contribution is -0.141.